The zero-order valence-corrected chi connectivity index (χ0v) is 12.4. The lowest BCUT2D eigenvalue weighted by atomic mass is 10.1. The van der Waals surface area contributed by atoms with Crippen LogP contribution in [-0.2, 0) is 9.47 Å². The van der Waals surface area contributed by atoms with Gasteiger partial charge in [0.2, 0.25) is 0 Å². The third kappa shape index (κ3) is 4.08. The van der Waals surface area contributed by atoms with Crippen molar-refractivity contribution in [1.82, 2.24) is 5.32 Å². The van der Waals surface area contributed by atoms with Gasteiger partial charge in [-0.3, -0.25) is 4.79 Å². The zero-order chi connectivity index (χ0) is 13.5. The molecular formula is C13H18BrNO3. The van der Waals surface area contributed by atoms with E-state index in [1.807, 2.05) is 19.1 Å². The van der Waals surface area contributed by atoms with Crippen molar-refractivity contribution in [3.05, 3.63) is 33.8 Å². The molecule has 18 heavy (non-hydrogen) atoms. The van der Waals surface area contributed by atoms with Crippen LogP contribution in [0.25, 0.3) is 0 Å². The van der Waals surface area contributed by atoms with E-state index in [0.29, 0.717) is 18.7 Å². The van der Waals surface area contributed by atoms with E-state index in [4.69, 9.17) is 9.47 Å². The Kier molecular flexibility index (Phi) is 6.32. The maximum Gasteiger partial charge on any atom is 0.251 e. The molecule has 0 saturated carbocycles. The average Bonchev–Trinajstić information content (AvgIpc) is 2.37. The summed E-state index contributed by atoms with van der Waals surface area (Å²) in [6, 6.07) is 5.55. The Balaban J connectivity index is 2.62. The van der Waals surface area contributed by atoms with E-state index in [-0.39, 0.29) is 12.0 Å². The number of hydrogen-bond donors (Lipinski definition) is 1. The molecule has 0 aliphatic heterocycles. The molecule has 0 aromatic heterocycles. The molecule has 5 heteroatoms. The predicted octanol–water partition coefficient (Wildman–Crippen LogP) is 2.15. The van der Waals surface area contributed by atoms with E-state index in [2.05, 4.69) is 21.2 Å². The van der Waals surface area contributed by atoms with Gasteiger partial charge in [-0.25, -0.2) is 0 Å². The van der Waals surface area contributed by atoms with Gasteiger partial charge in [0.25, 0.3) is 5.91 Å². The molecule has 1 unspecified atom stereocenters. The van der Waals surface area contributed by atoms with Gasteiger partial charge in [0.05, 0.1) is 12.7 Å². The molecule has 0 aliphatic carbocycles. The highest BCUT2D eigenvalue weighted by atomic mass is 79.9. The Hall–Kier alpha value is -0.910. The molecule has 1 N–H and O–H groups in total. The topological polar surface area (TPSA) is 47.6 Å². The van der Waals surface area contributed by atoms with Crippen molar-refractivity contribution in [1.29, 1.82) is 0 Å². The van der Waals surface area contributed by atoms with Gasteiger partial charge < -0.3 is 14.8 Å². The maximum atomic E-state index is 12.0. The Labute approximate surface area is 116 Å². The molecule has 0 radical (unpaired) electrons. The number of benzene rings is 1. The summed E-state index contributed by atoms with van der Waals surface area (Å²) >= 11 is 3.41. The van der Waals surface area contributed by atoms with Crippen molar-refractivity contribution in [3.63, 3.8) is 0 Å². The summed E-state index contributed by atoms with van der Waals surface area (Å²) in [4.78, 5) is 12.0. The number of rotatable bonds is 6. The number of hydrogen-bond acceptors (Lipinski definition) is 3. The first-order chi connectivity index (χ1) is 8.60. The van der Waals surface area contributed by atoms with Crippen LogP contribution < -0.4 is 5.32 Å². The van der Waals surface area contributed by atoms with Crippen LogP contribution in [0.15, 0.2) is 22.7 Å². The van der Waals surface area contributed by atoms with E-state index < -0.39 is 0 Å². The van der Waals surface area contributed by atoms with Crippen molar-refractivity contribution < 1.29 is 14.3 Å². The Morgan fingerprint density at radius 2 is 2.17 bits per heavy atom. The van der Waals surface area contributed by atoms with Crippen LogP contribution in [0.4, 0.5) is 0 Å². The number of ether oxygens (including phenoxy) is 2. The van der Waals surface area contributed by atoms with Crippen molar-refractivity contribution in [2.24, 2.45) is 0 Å². The van der Waals surface area contributed by atoms with Crippen molar-refractivity contribution in [2.75, 3.05) is 27.4 Å². The van der Waals surface area contributed by atoms with Crippen LogP contribution in [0, 0.1) is 6.92 Å². The monoisotopic (exact) mass is 315 g/mol. The molecule has 1 rings (SSSR count). The van der Waals surface area contributed by atoms with Crippen LogP contribution in [0.1, 0.15) is 15.9 Å². The molecule has 1 atom stereocenters. The van der Waals surface area contributed by atoms with E-state index in [0.717, 1.165) is 10.0 Å². The smallest absolute Gasteiger partial charge is 0.251 e. The summed E-state index contributed by atoms with van der Waals surface area (Å²) in [5.41, 5.74) is 1.59. The fourth-order valence-electron chi connectivity index (χ4n) is 1.55. The van der Waals surface area contributed by atoms with Crippen LogP contribution in [-0.4, -0.2) is 39.4 Å². The van der Waals surface area contributed by atoms with Crippen LogP contribution in [0.3, 0.4) is 0 Å². The fraction of sp³-hybridized carbons (Fsp3) is 0.462. The lowest BCUT2D eigenvalue weighted by Crippen LogP contribution is -2.35. The number of nitrogens with one attached hydrogen (secondary N) is 1. The number of carbonyl (C=O) groups is 1. The number of amides is 1. The summed E-state index contributed by atoms with van der Waals surface area (Å²) < 4.78 is 11.1. The first kappa shape index (κ1) is 15.1. The zero-order valence-electron chi connectivity index (χ0n) is 10.8. The lowest BCUT2D eigenvalue weighted by molar-refractivity contribution is 0.0285. The van der Waals surface area contributed by atoms with Gasteiger partial charge in [0.1, 0.15) is 0 Å². The third-order valence-electron chi connectivity index (χ3n) is 2.69. The van der Waals surface area contributed by atoms with Gasteiger partial charge in [0, 0.05) is 30.8 Å². The van der Waals surface area contributed by atoms with Crippen LogP contribution in [0.2, 0.25) is 0 Å². The minimum atomic E-state index is -0.133. The summed E-state index contributed by atoms with van der Waals surface area (Å²) in [5, 5.41) is 2.84. The first-order valence-electron chi connectivity index (χ1n) is 5.65. The Morgan fingerprint density at radius 1 is 1.44 bits per heavy atom. The van der Waals surface area contributed by atoms with Crippen LogP contribution >= 0.6 is 15.9 Å². The van der Waals surface area contributed by atoms with Gasteiger partial charge >= 0.3 is 0 Å². The van der Waals surface area contributed by atoms with Gasteiger partial charge in [-0.1, -0.05) is 22.0 Å². The first-order valence-corrected chi connectivity index (χ1v) is 6.44. The van der Waals surface area contributed by atoms with E-state index in [1.54, 1.807) is 20.3 Å². The molecule has 100 valence electrons. The van der Waals surface area contributed by atoms with Gasteiger partial charge in [-0.15, -0.1) is 0 Å². The second-order valence-electron chi connectivity index (χ2n) is 3.94. The lowest BCUT2D eigenvalue weighted by Gasteiger charge is -2.15. The number of methoxy groups -OCH3 is 2. The summed E-state index contributed by atoms with van der Waals surface area (Å²) in [6.07, 6.45) is -0.133. The van der Waals surface area contributed by atoms with E-state index in [9.17, 15) is 4.79 Å². The molecule has 0 fully saturated rings. The molecule has 0 saturated heterocycles. The Morgan fingerprint density at radius 3 is 2.78 bits per heavy atom. The predicted molar refractivity (Wildman–Crippen MR) is 73.9 cm³/mol. The normalized spacial score (nSPS) is 12.2. The summed E-state index contributed by atoms with van der Waals surface area (Å²) in [7, 11) is 3.20. The average molecular weight is 316 g/mol. The number of halogens is 1. The minimum Gasteiger partial charge on any atom is -0.382 e. The Bertz CT molecular complexity index is 409. The molecule has 0 aliphatic rings. The molecular weight excluding hydrogens is 298 g/mol. The van der Waals surface area contributed by atoms with Crippen molar-refractivity contribution in [2.45, 2.75) is 13.0 Å². The summed E-state index contributed by atoms with van der Waals surface area (Å²) in [5.74, 6) is -0.105. The van der Waals surface area contributed by atoms with E-state index in [1.165, 1.54) is 0 Å². The second-order valence-corrected chi connectivity index (χ2v) is 4.79. The highest BCUT2D eigenvalue weighted by Crippen LogP contribution is 2.19. The molecule has 0 heterocycles. The third-order valence-corrected chi connectivity index (χ3v) is 3.55. The quantitative estimate of drug-likeness (QED) is 0.875. The van der Waals surface area contributed by atoms with Gasteiger partial charge in [0.15, 0.2) is 0 Å². The standard InChI is InChI=1S/C13H18BrNO3/c1-9-11(5-4-6-12(9)14)13(16)15-7-10(18-3)8-17-2/h4-6,10H,7-8H2,1-3H3,(H,15,16). The SMILES string of the molecule is COCC(CNC(=O)c1cccc(Br)c1C)OC. The highest BCUT2D eigenvalue weighted by molar-refractivity contribution is 9.10. The minimum absolute atomic E-state index is 0.105. The maximum absolute atomic E-state index is 12.0. The molecule has 4 nitrogen and oxygen atoms in total. The van der Waals surface area contributed by atoms with Gasteiger partial charge in [-0.05, 0) is 24.6 Å². The molecule has 1 amide bonds. The molecule has 0 bridgehead atoms. The molecule has 0 spiro atoms. The largest absolute Gasteiger partial charge is 0.382 e. The van der Waals surface area contributed by atoms with Gasteiger partial charge in [-0.2, -0.15) is 0 Å². The number of carbonyl (C=O) groups excluding carboxylic acids is 1. The van der Waals surface area contributed by atoms with Crippen molar-refractivity contribution >= 4 is 21.8 Å². The summed E-state index contributed by atoms with van der Waals surface area (Å²) in [6.45, 7) is 2.78. The highest BCUT2D eigenvalue weighted by Gasteiger charge is 2.13. The van der Waals surface area contributed by atoms with Crippen LogP contribution in [0.5, 0.6) is 0 Å². The molecule has 1 aromatic rings. The van der Waals surface area contributed by atoms with E-state index >= 15 is 0 Å². The molecule has 1 aromatic carbocycles. The fourth-order valence-corrected chi connectivity index (χ4v) is 1.92. The van der Waals surface area contributed by atoms with Crippen molar-refractivity contribution in [3.8, 4) is 0 Å². The second kappa shape index (κ2) is 7.51.